The number of aromatic nitrogens is 2. The number of carbonyl (C=O) groups excluding carboxylic acids is 1. The van der Waals surface area contributed by atoms with Crippen molar-refractivity contribution in [2.75, 3.05) is 26.7 Å². The zero-order chi connectivity index (χ0) is 17.2. The molecule has 5 heteroatoms. The van der Waals surface area contributed by atoms with Gasteiger partial charge in [0.25, 0.3) is 0 Å². The van der Waals surface area contributed by atoms with Crippen molar-refractivity contribution < 1.29 is 4.79 Å². The number of carbonyl (C=O) groups is 1. The van der Waals surface area contributed by atoms with E-state index in [4.69, 9.17) is 0 Å². The highest BCUT2D eigenvalue weighted by molar-refractivity contribution is 5.82. The van der Waals surface area contributed by atoms with Crippen LogP contribution in [0.4, 0.5) is 0 Å². The normalized spacial score (nSPS) is 27.5. The summed E-state index contributed by atoms with van der Waals surface area (Å²) in [6, 6.07) is 0. The molecule has 3 heterocycles. The summed E-state index contributed by atoms with van der Waals surface area (Å²) in [6.07, 6.45) is 9.80. The Bertz CT molecular complexity index is 561. The van der Waals surface area contributed by atoms with Gasteiger partial charge in [-0.25, -0.2) is 0 Å². The molecule has 0 radical (unpaired) electrons. The first-order chi connectivity index (χ1) is 11.5. The third-order valence-corrected chi connectivity index (χ3v) is 6.18. The molecule has 2 aliphatic rings. The van der Waals surface area contributed by atoms with E-state index < -0.39 is 0 Å². The molecule has 2 fully saturated rings. The van der Waals surface area contributed by atoms with Crippen LogP contribution in [0.1, 0.15) is 51.5 Å². The van der Waals surface area contributed by atoms with E-state index in [0.29, 0.717) is 11.8 Å². The minimum atomic E-state index is -0.148. The van der Waals surface area contributed by atoms with E-state index >= 15 is 0 Å². The molecule has 24 heavy (non-hydrogen) atoms. The highest BCUT2D eigenvalue weighted by Gasteiger charge is 2.44. The van der Waals surface area contributed by atoms with Crippen LogP contribution in [-0.4, -0.2) is 52.2 Å². The smallest absolute Gasteiger partial charge is 0.228 e. The van der Waals surface area contributed by atoms with E-state index in [1.165, 1.54) is 12.0 Å². The van der Waals surface area contributed by atoms with E-state index in [-0.39, 0.29) is 5.41 Å². The van der Waals surface area contributed by atoms with Crippen LogP contribution < -0.4 is 0 Å². The summed E-state index contributed by atoms with van der Waals surface area (Å²) in [5.74, 6) is 0.905. The fourth-order valence-electron chi connectivity index (χ4n) is 4.51. The van der Waals surface area contributed by atoms with E-state index in [1.54, 1.807) is 0 Å². The first kappa shape index (κ1) is 17.5. The molecule has 1 aromatic rings. The van der Waals surface area contributed by atoms with Gasteiger partial charge in [-0.05, 0) is 51.6 Å². The van der Waals surface area contributed by atoms with Crippen LogP contribution in [0.3, 0.4) is 0 Å². The van der Waals surface area contributed by atoms with Gasteiger partial charge in [-0.15, -0.1) is 0 Å². The second-order valence-electron chi connectivity index (χ2n) is 7.86. The van der Waals surface area contributed by atoms with Crippen LogP contribution >= 0.6 is 0 Å². The third-order valence-electron chi connectivity index (χ3n) is 6.18. The average molecular weight is 332 g/mol. The van der Waals surface area contributed by atoms with Crippen molar-refractivity contribution in [1.82, 2.24) is 19.6 Å². The summed E-state index contributed by atoms with van der Waals surface area (Å²) in [5.41, 5.74) is 1.15. The number of rotatable bonds is 4. The first-order valence-electron chi connectivity index (χ1n) is 9.52. The number of hydrogen-bond donors (Lipinski definition) is 0. The van der Waals surface area contributed by atoms with Crippen LogP contribution in [0, 0.1) is 11.3 Å². The van der Waals surface area contributed by atoms with Gasteiger partial charge in [-0.3, -0.25) is 14.4 Å². The van der Waals surface area contributed by atoms with Gasteiger partial charge in [-0.1, -0.05) is 13.3 Å². The molecule has 0 N–H and O–H groups in total. The van der Waals surface area contributed by atoms with Gasteiger partial charge in [-0.2, -0.15) is 5.10 Å². The van der Waals surface area contributed by atoms with Crippen LogP contribution in [-0.2, 0) is 17.9 Å². The molecule has 0 aliphatic carbocycles. The molecule has 2 aliphatic heterocycles. The second kappa shape index (κ2) is 7.26. The zero-order valence-electron chi connectivity index (χ0n) is 15.5. The van der Waals surface area contributed by atoms with Crippen LogP contribution in [0.25, 0.3) is 0 Å². The highest BCUT2D eigenvalue weighted by atomic mass is 16.2. The SMILES string of the molecule is CCn1cc(CN2CCC(C3(C)CCCCN(C)C3=O)CC2)cn1. The quantitative estimate of drug-likeness (QED) is 0.851. The van der Waals surface area contributed by atoms with Crippen molar-refractivity contribution in [2.24, 2.45) is 11.3 Å². The summed E-state index contributed by atoms with van der Waals surface area (Å²) in [7, 11) is 1.98. The highest BCUT2D eigenvalue weighted by Crippen LogP contribution is 2.42. The minimum Gasteiger partial charge on any atom is -0.345 e. The average Bonchev–Trinajstić information content (AvgIpc) is 3.00. The van der Waals surface area contributed by atoms with Gasteiger partial charge < -0.3 is 4.90 Å². The molecule has 134 valence electrons. The number of hydrogen-bond acceptors (Lipinski definition) is 3. The van der Waals surface area contributed by atoms with Gasteiger partial charge in [0.2, 0.25) is 5.91 Å². The van der Waals surface area contributed by atoms with Gasteiger partial charge in [0.15, 0.2) is 0 Å². The molecule has 2 saturated heterocycles. The monoisotopic (exact) mass is 332 g/mol. The Balaban J connectivity index is 1.58. The lowest BCUT2D eigenvalue weighted by atomic mass is 9.69. The number of piperidine rings is 1. The van der Waals surface area contributed by atoms with E-state index in [2.05, 4.69) is 30.0 Å². The molecule has 0 bridgehead atoms. The predicted octanol–water partition coefficient (Wildman–Crippen LogP) is 2.76. The van der Waals surface area contributed by atoms with Gasteiger partial charge in [0.05, 0.1) is 6.20 Å². The van der Waals surface area contributed by atoms with E-state index in [0.717, 1.165) is 58.4 Å². The van der Waals surface area contributed by atoms with E-state index in [9.17, 15) is 4.79 Å². The summed E-state index contributed by atoms with van der Waals surface area (Å²) < 4.78 is 1.99. The molecule has 1 atom stereocenters. The lowest BCUT2D eigenvalue weighted by molar-refractivity contribution is -0.143. The van der Waals surface area contributed by atoms with Crippen LogP contribution in [0.5, 0.6) is 0 Å². The minimum absolute atomic E-state index is 0.148. The summed E-state index contributed by atoms with van der Waals surface area (Å²) >= 11 is 0. The molecular formula is C19H32N4O. The Morgan fingerprint density at radius 3 is 2.67 bits per heavy atom. The molecule has 0 spiro atoms. The molecule has 0 saturated carbocycles. The number of aryl methyl sites for hydroxylation is 1. The molecular weight excluding hydrogens is 300 g/mol. The Hall–Kier alpha value is -1.36. The second-order valence-corrected chi connectivity index (χ2v) is 7.86. The largest absolute Gasteiger partial charge is 0.345 e. The number of likely N-dealkylation sites (tertiary alicyclic amines) is 2. The molecule has 0 aromatic carbocycles. The fourth-order valence-corrected chi connectivity index (χ4v) is 4.51. The Labute approximate surface area is 146 Å². The number of nitrogens with zero attached hydrogens (tertiary/aromatic N) is 4. The Kier molecular flexibility index (Phi) is 5.28. The maximum Gasteiger partial charge on any atom is 0.228 e. The van der Waals surface area contributed by atoms with Crippen molar-refractivity contribution in [2.45, 2.75) is 59.0 Å². The zero-order valence-corrected chi connectivity index (χ0v) is 15.5. The standard InChI is InChI=1S/C19H32N4O/c1-4-23-15-16(13-20-23)14-22-11-7-17(8-12-22)19(2)9-5-6-10-21(3)18(19)24/h13,15,17H,4-12,14H2,1-3H3. The molecule has 1 amide bonds. The number of amides is 1. The van der Waals surface area contributed by atoms with Gasteiger partial charge >= 0.3 is 0 Å². The van der Waals surface area contributed by atoms with Crippen molar-refractivity contribution in [1.29, 1.82) is 0 Å². The van der Waals surface area contributed by atoms with Crippen molar-refractivity contribution in [3.8, 4) is 0 Å². The lowest BCUT2D eigenvalue weighted by Crippen LogP contribution is -2.47. The Morgan fingerprint density at radius 2 is 2.00 bits per heavy atom. The topological polar surface area (TPSA) is 41.4 Å². The summed E-state index contributed by atoms with van der Waals surface area (Å²) in [5, 5.41) is 4.37. The van der Waals surface area contributed by atoms with Crippen LogP contribution in [0.2, 0.25) is 0 Å². The van der Waals surface area contributed by atoms with Crippen molar-refractivity contribution in [3.05, 3.63) is 18.0 Å². The Morgan fingerprint density at radius 1 is 1.25 bits per heavy atom. The third kappa shape index (κ3) is 3.51. The van der Waals surface area contributed by atoms with Crippen molar-refractivity contribution >= 4 is 5.91 Å². The lowest BCUT2D eigenvalue weighted by Gasteiger charge is -2.42. The fraction of sp³-hybridized carbons (Fsp3) is 0.789. The first-order valence-corrected chi connectivity index (χ1v) is 9.52. The predicted molar refractivity (Wildman–Crippen MR) is 95.5 cm³/mol. The molecule has 3 rings (SSSR count). The van der Waals surface area contributed by atoms with E-state index in [1.807, 2.05) is 22.8 Å². The molecule has 5 nitrogen and oxygen atoms in total. The van der Waals surface area contributed by atoms with Crippen LogP contribution in [0.15, 0.2) is 12.4 Å². The van der Waals surface area contributed by atoms with Gasteiger partial charge in [0.1, 0.15) is 0 Å². The van der Waals surface area contributed by atoms with Gasteiger partial charge in [0, 0.05) is 43.9 Å². The summed E-state index contributed by atoms with van der Waals surface area (Å²) in [4.78, 5) is 17.4. The maximum atomic E-state index is 12.9. The maximum absolute atomic E-state index is 12.9. The van der Waals surface area contributed by atoms with Crippen molar-refractivity contribution in [3.63, 3.8) is 0 Å². The summed E-state index contributed by atoms with van der Waals surface area (Å²) in [6.45, 7) is 9.36. The molecule has 1 unspecified atom stereocenters. The molecule has 1 aromatic heterocycles.